The van der Waals surface area contributed by atoms with Gasteiger partial charge in [-0.2, -0.15) is 0 Å². The Morgan fingerprint density at radius 3 is 2.73 bits per heavy atom. The first-order valence-electron chi connectivity index (χ1n) is 5.20. The first-order chi connectivity index (χ1) is 7.25. The van der Waals surface area contributed by atoms with Gasteiger partial charge in [-0.3, -0.25) is 0 Å². The number of anilines is 2. The van der Waals surface area contributed by atoms with E-state index in [9.17, 15) is 0 Å². The third kappa shape index (κ3) is 2.56. The summed E-state index contributed by atoms with van der Waals surface area (Å²) in [4.78, 5) is 8.34. The average molecular weight is 208 g/mol. The van der Waals surface area contributed by atoms with Gasteiger partial charge in [-0.1, -0.05) is 0 Å². The molecule has 1 aromatic heterocycles. The zero-order valence-corrected chi connectivity index (χ0v) is 8.65. The minimum Gasteiger partial charge on any atom is -0.394 e. The molecule has 2 rings (SSSR count). The van der Waals surface area contributed by atoms with Gasteiger partial charge in [0, 0.05) is 19.6 Å². The summed E-state index contributed by atoms with van der Waals surface area (Å²) in [5.74, 6) is 1.78. The molecule has 1 aliphatic heterocycles. The van der Waals surface area contributed by atoms with Crippen molar-refractivity contribution in [2.75, 3.05) is 24.7 Å². The molecule has 1 fully saturated rings. The fourth-order valence-corrected chi connectivity index (χ4v) is 1.75. The lowest BCUT2D eigenvalue weighted by molar-refractivity contribution is 0.0660. The highest BCUT2D eigenvalue weighted by molar-refractivity contribution is 5.55. The second kappa shape index (κ2) is 4.44. The Morgan fingerprint density at radius 1 is 1.33 bits per heavy atom. The van der Waals surface area contributed by atoms with Gasteiger partial charge in [-0.25, -0.2) is 9.97 Å². The number of nitrogens with zero attached hydrogens (tertiary/aromatic N) is 2. The smallest absolute Gasteiger partial charge is 0.150 e. The lowest BCUT2D eigenvalue weighted by Gasteiger charge is -2.21. The lowest BCUT2D eigenvalue weighted by Crippen LogP contribution is -2.19. The maximum atomic E-state index is 5.62. The lowest BCUT2D eigenvalue weighted by atomic mass is 9.96. The van der Waals surface area contributed by atoms with Crippen molar-refractivity contribution in [3.8, 4) is 0 Å². The van der Waals surface area contributed by atoms with E-state index in [1.54, 1.807) is 6.20 Å². The summed E-state index contributed by atoms with van der Waals surface area (Å²) in [5, 5.41) is 0. The molecule has 0 amide bonds. The van der Waals surface area contributed by atoms with Crippen molar-refractivity contribution >= 4 is 11.5 Å². The number of hydrogen-bond acceptors (Lipinski definition) is 5. The van der Waals surface area contributed by atoms with Gasteiger partial charge in [0.25, 0.3) is 0 Å². The molecule has 0 radical (unpaired) electrons. The highest BCUT2D eigenvalue weighted by Gasteiger charge is 2.15. The van der Waals surface area contributed by atoms with E-state index in [1.165, 1.54) is 0 Å². The molecule has 1 aromatic rings. The maximum Gasteiger partial charge on any atom is 0.150 e. The molecule has 1 saturated heterocycles. The summed E-state index contributed by atoms with van der Waals surface area (Å²) in [6, 6.07) is 0. The van der Waals surface area contributed by atoms with Crippen molar-refractivity contribution in [2.45, 2.75) is 19.3 Å². The van der Waals surface area contributed by atoms with Crippen LogP contribution in [0.3, 0.4) is 0 Å². The first-order valence-corrected chi connectivity index (χ1v) is 5.20. The molecular weight excluding hydrogens is 192 g/mol. The number of nitrogens with two attached hydrogens (primary N) is 2. The molecule has 0 aromatic carbocycles. The predicted molar refractivity (Wildman–Crippen MR) is 58.1 cm³/mol. The standard InChI is InChI=1S/C10H16N4O/c11-8-6-13-9(14-10(8)12)5-7-1-3-15-4-2-7/h6-7H,1-5,11H2,(H2,12,13,14). The molecule has 0 unspecified atom stereocenters. The second-order valence-electron chi connectivity index (χ2n) is 3.89. The molecule has 15 heavy (non-hydrogen) atoms. The van der Waals surface area contributed by atoms with E-state index < -0.39 is 0 Å². The van der Waals surface area contributed by atoms with Crippen LogP contribution in [0, 0.1) is 5.92 Å². The summed E-state index contributed by atoms with van der Waals surface area (Å²) in [7, 11) is 0. The van der Waals surface area contributed by atoms with Crippen molar-refractivity contribution in [1.82, 2.24) is 9.97 Å². The van der Waals surface area contributed by atoms with Gasteiger partial charge < -0.3 is 16.2 Å². The van der Waals surface area contributed by atoms with E-state index in [1.807, 2.05) is 0 Å². The third-order valence-electron chi connectivity index (χ3n) is 2.71. The summed E-state index contributed by atoms with van der Waals surface area (Å²) in [5.41, 5.74) is 11.6. The molecule has 0 aliphatic carbocycles. The summed E-state index contributed by atoms with van der Waals surface area (Å²) < 4.78 is 5.29. The van der Waals surface area contributed by atoms with Crippen molar-refractivity contribution in [3.05, 3.63) is 12.0 Å². The molecule has 0 bridgehead atoms. The van der Waals surface area contributed by atoms with E-state index in [4.69, 9.17) is 16.2 Å². The first kappa shape index (κ1) is 10.2. The highest BCUT2D eigenvalue weighted by atomic mass is 16.5. The van der Waals surface area contributed by atoms with Gasteiger partial charge in [0.1, 0.15) is 11.6 Å². The van der Waals surface area contributed by atoms with Crippen LogP contribution in [-0.2, 0) is 11.2 Å². The zero-order chi connectivity index (χ0) is 10.7. The normalized spacial score (nSPS) is 17.9. The number of nitrogen functional groups attached to an aromatic ring is 2. The van der Waals surface area contributed by atoms with Crippen molar-refractivity contribution in [3.63, 3.8) is 0 Å². The second-order valence-corrected chi connectivity index (χ2v) is 3.89. The SMILES string of the molecule is Nc1cnc(CC2CCOCC2)nc1N. The van der Waals surface area contributed by atoms with E-state index in [-0.39, 0.29) is 0 Å². The van der Waals surface area contributed by atoms with E-state index >= 15 is 0 Å². The van der Waals surface area contributed by atoms with Crippen LogP contribution in [0.15, 0.2) is 6.20 Å². The molecule has 2 heterocycles. The van der Waals surface area contributed by atoms with Crippen molar-refractivity contribution in [2.24, 2.45) is 5.92 Å². The maximum absolute atomic E-state index is 5.62. The Bertz CT molecular complexity index is 336. The van der Waals surface area contributed by atoms with Crippen LogP contribution in [0.5, 0.6) is 0 Å². The molecule has 4 N–H and O–H groups in total. The zero-order valence-electron chi connectivity index (χ0n) is 8.65. The van der Waals surface area contributed by atoms with Crippen LogP contribution >= 0.6 is 0 Å². The fraction of sp³-hybridized carbons (Fsp3) is 0.600. The molecule has 1 aliphatic rings. The number of ether oxygens (including phenoxy) is 1. The van der Waals surface area contributed by atoms with Gasteiger partial charge in [-0.15, -0.1) is 0 Å². The average Bonchev–Trinajstić information content (AvgIpc) is 2.25. The Kier molecular flexibility index (Phi) is 3.01. The van der Waals surface area contributed by atoms with Crippen LogP contribution in [0.4, 0.5) is 11.5 Å². The van der Waals surface area contributed by atoms with Crippen LogP contribution in [0.1, 0.15) is 18.7 Å². The Labute approximate surface area is 88.8 Å². The summed E-state index contributed by atoms with van der Waals surface area (Å²) in [6.45, 7) is 1.68. The van der Waals surface area contributed by atoms with Gasteiger partial charge in [0.05, 0.1) is 11.9 Å². The van der Waals surface area contributed by atoms with Crippen LogP contribution in [0.25, 0.3) is 0 Å². The van der Waals surface area contributed by atoms with Crippen LogP contribution in [0.2, 0.25) is 0 Å². The quantitative estimate of drug-likeness (QED) is 0.743. The van der Waals surface area contributed by atoms with Gasteiger partial charge >= 0.3 is 0 Å². The fourth-order valence-electron chi connectivity index (χ4n) is 1.75. The minimum absolute atomic E-state index is 0.382. The van der Waals surface area contributed by atoms with E-state index in [0.29, 0.717) is 17.4 Å². The van der Waals surface area contributed by atoms with Crippen molar-refractivity contribution < 1.29 is 4.74 Å². The van der Waals surface area contributed by atoms with Crippen molar-refractivity contribution in [1.29, 1.82) is 0 Å². The number of aromatic nitrogens is 2. The molecule has 82 valence electrons. The largest absolute Gasteiger partial charge is 0.394 e. The van der Waals surface area contributed by atoms with Crippen LogP contribution < -0.4 is 11.5 Å². The molecule has 0 spiro atoms. The van der Waals surface area contributed by atoms with Crippen LogP contribution in [-0.4, -0.2) is 23.2 Å². The highest BCUT2D eigenvalue weighted by Crippen LogP contribution is 2.19. The monoisotopic (exact) mass is 208 g/mol. The van der Waals surface area contributed by atoms with E-state index in [0.717, 1.165) is 38.3 Å². The van der Waals surface area contributed by atoms with E-state index in [2.05, 4.69) is 9.97 Å². The minimum atomic E-state index is 0.382. The Morgan fingerprint density at radius 2 is 2.07 bits per heavy atom. The Balaban J connectivity index is 2.00. The summed E-state index contributed by atoms with van der Waals surface area (Å²) in [6.07, 6.45) is 4.60. The predicted octanol–water partition coefficient (Wildman–Crippen LogP) is 0.610. The Hall–Kier alpha value is -1.36. The number of hydrogen-bond donors (Lipinski definition) is 2. The van der Waals surface area contributed by atoms with Gasteiger partial charge in [-0.05, 0) is 18.8 Å². The number of rotatable bonds is 2. The molecule has 0 saturated carbocycles. The van der Waals surface area contributed by atoms with Gasteiger partial charge in [0.15, 0.2) is 0 Å². The molecular formula is C10H16N4O. The molecule has 5 nitrogen and oxygen atoms in total. The van der Waals surface area contributed by atoms with Gasteiger partial charge in [0.2, 0.25) is 0 Å². The third-order valence-corrected chi connectivity index (χ3v) is 2.71. The summed E-state index contributed by atoms with van der Waals surface area (Å²) >= 11 is 0. The topological polar surface area (TPSA) is 87.0 Å². The molecule has 0 atom stereocenters. The molecule has 5 heteroatoms.